The number of Topliss-reactive ketones (excluding diaryl/α,β-unsaturated/α-hetero) is 1. The van der Waals surface area contributed by atoms with Crippen LogP contribution < -0.4 is 14.7 Å². The summed E-state index contributed by atoms with van der Waals surface area (Å²) >= 11 is 0. The Kier molecular flexibility index (Phi) is 7.27. The number of ketones is 2. The molecular formula is C37H48N6O2. The lowest BCUT2D eigenvalue weighted by Crippen LogP contribution is -2.49. The summed E-state index contributed by atoms with van der Waals surface area (Å²) in [7, 11) is 0. The SMILES string of the molecule is C[C@]12C=CC(=O)C=C1CC[C@@H]1C2=CC[C@]2(C)C(C(=O)CN3CCN(c4cc(N5CCCC5)nc(N5CCCC5)n4)CC3)=CC[C@@H]12. The minimum absolute atomic E-state index is 0.0994. The predicted octanol–water partition coefficient (Wildman–Crippen LogP) is 5.13. The lowest BCUT2D eigenvalue weighted by atomic mass is 9.52. The molecule has 3 saturated heterocycles. The van der Waals surface area contributed by atoms with Gasteiger partial charge in [0.1, 0.15) is 11.6 Å². The summed E-state index contributed by atoms with van der Waals surface area (Å²) < 4.78 is 0. The van der Waals surface area contributed by atoms with E-state index < -0.39 is 0 Å². The summed E-state index contributed by atoms with van der Waals surface area (Å²) in [5.74, 6) is 4.36. The molecule has 45 heavy (non-hydrogen) atoms. The number of hydrogen-bond donors (Lipinski definition) is 0. The number of fused-ring (bicyclic) bond motifs is 5. The third-order valence-corrected chi connectivity index (χ3v) is 12.4. The molecule has 4 heterocycles. The fourth-order valence-corrected chi connectivity index (χ4v) is 9.70. The van der Waals surface area contributed by atoms with Crippen molar-refractivity contribution in [2.24, 2.45) is 22.7 Å². The van der Waals surface area contributed by atoms with E-state index in [2.05, 4.69) is 57.7 Å². The fourth-order valence-electron chi connectivity index (χ4n) is 9.70. The maximum atomic E-state index is 14.0. The summed E-state index contributed by atoms with van der Waals surface area (Å²) in [5, 5.41) is 0. The zero-order chi connectivity index (χ0) is 30.8. The Morgan fingerprint density at radius 2 is 1.56 bits per heavy atom. The van der Waals surface area contributed by atoms with Crippen molar-refractivity contribution in [2.45, 2.75) is 65.2 Å². The molecule has 0 amide bonds. The Labute approximate surface area is 267 Å². The van der Waals surface area contributed by atoms with Crippen molar-refractivity contribution < 1.29 is 9.59 Å². The van der Waals surface area contributed by atoms with Crippen molar-refractivity contribution in [1.82, 2.24) is 14.9 Å². The van der Waals surface area contributed by atoms with Gasteiger partial charge in [-0.2, -0.15) is 9.97 Å². The quantitative estimate of drug-likeness (QED) is 0.412. The van der Waals surface area contributed by atoms with Crippen LogP contribution in [0.25, 0.3) is 0 Å². The molecule has 0 aromatic carbocycles. The molecule has 8 nitrogen and oxygen atoms in total. The highest BCUT2D eigenvalue weighted by Crippen LogP contribution is 2.62. The van der Waals surface area contributed by atoms with Crippen LogP contribution in [0.1, 0.15) is 65.2 Å². The molecule has 8 heteroatoms. The van der Waals surface area contributed by atoms with E-state index >= 15 is 0 Å². The molecule has 1 aromatic rings. The lowest BCUT2D eigenvalue weighted by Gasteiger charge is -2.52. The number of piperazine rings is 1. The first-order valence-electron chi connectivity index (χ1n) is 17.6. The molecule has 1 aromatic heterocycles. The first-order valence-corrected chi connectivity index (χ1v) is 17.6. The molecule has 4 atom stereocenters. The normalized spacial score (nSPS) is 33.1. The monoisotopic (exact) mass is 608 g/mol. The number of anilines is 3. The van der Waals surface area contributed by atoms with Crippen LogP contribution in [0.15, 0.2) is 53.2 Å². The molecule has 8 rings (SSSR count). The first-order chi connectivity index (χ1) is 21.8. The number of carbonyl (C=O) groups excluding carboxylic acids is 2. The van der Waals surface area contributed by atoms with E-state index in [4.69, 9.17) is 9.97 Å². The molecule has 4 fully saturated rings. The Morgan fingerprint density at radius 3 is 2.27 bits per heavy atom. The van der Waals surface area contributed by atoms with Gasteiger partial charge in [0.2, 0.25) is 5.95 Å². The molecule has 1 saturated carbocycles. The number of aromatic nitrogens is 2. The Bertz CT molecular complexity index is 1470. The van der Waals surface area contributed by atoms with E-state index in [1.54, 1.807) is 6.08 Å². The van der Waals surface area contributed by atoms with Crippen LogP contribution in [0.2, 0.25) is 0 Å². The molecular weight excluding hydrogens is 560 g/mol. The van der Waals surface area contributed by atoms with Gasteiger partial charge < -0.3 is 14.7 Å². The maximum absolute atomic E-state index is 14.0. The zero-order valence-electron chi connectivity index (χ0n) is 27.1. The van der Waals surface area contributed by atoms with E-state index in [1.165, 1.54) is 36.8 Å². The first kappa shape index (κ1) is 29.2. The van der Waals surface area contributed by atoms with E-state index in [0.717, 1.165) is 101 Å². The summed E-state index contributed by atoms with van der Waals surface area (Å²) in [6.45, 7) is 12.9. The second-order valence-electron chi connectivity index (χ2n) is 15.0. The van der Waals surface area contributed by atoms with Crippen molar-refractivity contribution in [3.63, 3.8) is 0 Å². The number of allylic oxidation sites excluding steroid dienone is 7. The van der Waals surface area contributed by atoms with Gasteiger partial charge in [-0.1, -0.05) is 36.3 Å². The molecule has 238 valence electrons. The Hall–Kier alpha value is -3.26. The predicted molar refractivity (Wildman–Crippen MR) is 179 cm³/mol. The lowest BCUT2D eigenvalue weighted by molar-refractivity contribution is -0.118. The zero-order valence-corrected chi connectivity index (χ0v) is 27.1. The number of hydrogen-bond acceptors (Lipinski definition) is 8. The molecule has 0 bridgehead atoms. The standard InChI is InChI=1S/C37H48N6O2/c1-36-13-11-27(44)23-26(36)7-8-28-29-9-10-31(37(29,2)14-12-30(28)36)32(45)25-40-19-21-42(22-20-40)34-24-33(41-15-3-4-16-41)38-35(39-34)43-17-5-6-18-43/h10-13,23-24,28-29H,3-9,14-22,25H2,1-2H3/t28-,29-,36-,37-/m0/s1. The van der Waals surface area contributed by atoms with E-state index in [-0.39, 0.29) is 16.6 Å². The van der Waals surface area contributed by atoms with Gasteiger partial charge in [-0.05, 0) is 87.9 Å². The van der Waals surface area contributed by atoms with Crippen LogP contribution in [-0.2, 0) is 9.59 Å². The fraction of sp³-hybridized carbons (Fsp3) is 0.622. The highest BCUT2D eigenvalue weighted by Gasteiger charge is 2.54. The van der Waals surface area contributed by atoms with Gasteiger partial charge >= 0.3 is 0 Å². The third kappa shape index (κ3) is 4.99. The van der Waals surface area contributed by atoms with E-state index in [1.807, 2.05) is 6.08 Å². The number of rotatable bonds is 6. The highest BCUT2D eigenvalue weighted by atomic mass is 16.1. The highest BCUT2D eigenvalue weighted by molar-refractivity contribution is 6.01. The largest absolute Gasteiger partial charge is 0.356 e. The van der Waals surface area contributed by atoms with Gasteiger partial charge in [0.25, 0.3) is 0 Å². The summed E-state index contributed by atoms with van der Waals surface area (Å²) in [6, 6.07) is 2.20. The van der Waals surface area contributed by atoms with Crippen molar-refractivity contribution >= 4 is 29.2 Å². The van der Waals surface area contributed by atoms with Gasteiger partial charge in [0.05, 0.1) is 6.54 Å². The molecule has 0 N–H and O–H groups in total. The average Bonchev–Trinajstić information content (AvgIpc) is 3.83. The number of nitrogens with zero attached hydrogens (tertiary/aromatic N) is 6. The van der Waals surface area contributed by atoms with Crippen molar-refractivity contribution in [1.29, 1.82) is 0 Å². The van der Waals surface area contributed by atoms with Crippen molar-refractivity contribution in [3.8, 4) is 0 Å². The Balaban J connectivity index is 0.934. The summed E-state index contributed by atoms with van der Waals surface area (Å²) in [5.41, 5.74) is 3.57. The summed E-state index contributed by atoms with van der Waals surface area (Å²) in [4.78, 5) is 45.7. The number of carbonyl (C=O) groups is 2. The van der Waals surface area contributed by atoms with E-state index in [9.17, 15) is 9.59 Å². The topological polar surface area (TPSA) is 72.9 Å². The molecule has 0 spiro atoms. The van der Waals surface area contributed by atoms with Gasteiger partial charge in [-0.3, -0.25) is 14.5 Å². The van der Waals surface area contributed by atoms with Gasteiger partial charge in [-0.25, -0.2) is 0 Å². The van der Waals surface area contributed by atoms with Crippen LogP contribution in [0.4, 0.5) is 17.6 Å². The van der Waals surface area contributed by atoms with Crippen LogP contribution in [0.3, 0.4) is 0 Å². The second-order valence-corrected chi connectivity index (χ2v) is 15.0. The smallest absolute Gasteiger partial charge is 0.229 e. The van der Waals surface area contributed by atoms with Crippen molar-refractivity contribution in [2.75, 3.05) is 73.6 Å². The molecule has 0 radical (unpaired) electrons. The minimum Gasteiger partial charge on any atom is -0.356 e. The maximum Gasteiger partial charge on any atom is 0.229 e. The minimum atomic E-state index is -0.140. The second kappa shape index (κ2) is 11.2. The van der Waals surface area contributed by atoms with Gasteiger partial charge in [0, 0.05) is 69.3 Å². The third-order valence-electron chi connectivity index (χ3n) is 12.4. The van der Waals surface area contributed by atoms with E-state index in [0.29, 0.717) is 24.2 Å². The average molecular weight is 609 g/mol. The van der Waals surface area contributed by atoms with Crippen LogP contribution in [-0.4, -0.2) is 85.3 Å². The van der Waals surface area contributed by atoms with Crippen LogP contribution in [0.5, 0.6) is 0 Å². The molecule has 7 aliphatic rings. The molecule has 4 aliphatic carbocycles. The van der Waals surface area contributed by atoms with Crippen molar-refractivity contribution in [3.05, 3.63) is 53.2 Å². The summed E-state index contributed by atoms with van der Waals surface area (Å²) in [6.07, 6.45) is 19.3. The van der Waals surface area contributed by atoms with Gasteiger partial charge in [-0.15, -0.1) is 0 Å². The Morgan fingerprint density at radius 1 is 0.889 bits per heavy atom. The van der Waals surface area contributed by atoms with Crippen LogP contribution in [0, 0.1) is 22.7 Å². The molecule has 0 unspecified atom stereocenters. The van der Waals surface area contributed by atoms with Gasteiger partial charge in [0.15, 0.2) is 11.6 Å². The molecule has 3 aliphatic heterocycles. The van der Waals surface area contributed by atoms with Crippen LogP contribution >= 0.6 is 0 Å².